The van der Waals surface area contributed by atoms with E-state index in [9.17, 15) is 4.39 Å². The maximum absolute atomic E-state index is 13.5. The van der Waals surface area contributed by atoms with Crippen molar-refractivity contribution in [3.63, 3.8) is 0 Å². The molecular weight excluding hydrogens is 257 g/mol. The van der Waals surface area contributed by atoms with Crippen LogP contribution in [-0.4, -0.2) is 17.6 Å². The average molecular weight is 274 g/mol. The molecule has 0 bridgehead atoms. The van der Waals surface area contributed by atoms with E-state index < -0.39 is 11.2 Å². The van der Waals surface area contributed by atoms with E-state index in [-0.39, 0.29) is 5.84 Å². The molecule has 100 valence electrons. The minimum atomic E-state index is -0.454. The minimum absolute atomic E-state index is 0.154. The van der Waals surface area contributed by atoms with Crippen LogP contribution in [0, 0.1) is 11.2 Å². The van der Waals surface area contributed by atoms with E-state index in [1.54, 1.807) is 12.1 Å². The third-order valence-corrected chi connectivity index (χ3v) is 3.03. The van der Waals surface area contributed by atoms with Gasteiger partial charge in [0.05, 0.1) is 5.69 Å². The number of anilines is 1. The molecule has 18 heavy (non-hydrogen) atoms. The molecule has 0 spiro atoms. The summed E-state index contributed by atoms with van der Waals surface area (Å²) in [7, 11) is 0. The standard InChI is InChI=1S/C12H17ClFN3O/c1-12(2,11(15)17-18)5-6-16-10-4-3-8(13)7-9(10)14/h3-4,7,16,18H,5-6H2,1-2H3,(H2,15,17). The first kappa shape index (κ1) is 14.6. The second kappa shape index (κ2) is 5.91. The number of oxime groups is 1. The van der Waals surface area contributed by atoms with Crippen LogP contribution in [0.25, 0.3) is 0 Å². The molecule has 1 aromatic rings. The molecule has 0 heterocycles. The summed E-state index contributed by atoms with van der Waals surface area (Å²) in [4.78, 5) is 0. The maximum atomic E-state index is 13.5. The van der Waals surface area contributed by atoms with Gasteiger partial charge in [-0.05, 0) is 24.6 Å². The molecule has 0 unspecified atom stereocenters. The van der Waals surface area contributed by atoms with Crippen molar-refractivity contribution < 1.29 is 9.60 Å². The Labute approximate surface area is 111 Å². The van der Waals surface area contributed by atoms with Crippen molar-refractivity contribution in [2.75, 3.05) is 11.9 Å². The van der Waals surface area contributed by atoms with Crippen LogP contribution < -0.4 is 11.1 Å². The monoisotopic (exact) mass is 273 g/mol. The first-order chi connectivity index (χ1) is 8.36. The lowest BCUT2D eigenvalue weighted by Crippen LogP contribution is -2.33. The van der Waals surface area contributed by atoms with E-state index in [4.69, 9.17) is 22.5 Å². The Hall–Kier alpha value is -1.49. The van der Waals surface area contributed by atoms with Crippen molar-refractivity contribution in [1.29, 1.82) is 0 Å². The maximum Gasteiger partial charge on any atom is 0.147 e. The fourth-order valence-electron chi connectivity index (χ4n) is 1.41. The van der Waals surface area contributed by atoms with Crippen molar-refractivity contribution in [2.45, 2.75) is 20.3 Å². The Morgan fingerprint density at radius 3 is 2.78 bits per heavy atom. The number of nitrogens with one attached hydrogen (secondary N) is 1. The molecule has 1 rings (SSSR count). The Kier molecular flexibility index (Phi) is 4.78. The van der Waals surface area contributed by atoms with Crippen LogP contribution in [0.5, 0.6) is 0 Å². The van der Waals surface area contributed by atoms with E-state index in [0.29, 0.717) is 23.7 Å². The van der Waals surface area contributed by atoms with E-state index in [2.05, 4.69) is 10.5 Å². The molecule has 0 aliphatic rings. The summed E-state index contributed by atoms with van der Waals surface area (Å²) in [5, 5.41) is 14.9. The lowest BCUT2D eigenvalue weighted by Gasteiger charge is -2.23. The zero-order valence-electron chi connectivity index (χ0n) is 10.4. The Morgan fingerprint density at radius 2 is 2.22 bits per heavy atom. The third kappa shape index (κ3) is 3.77. The zero-order chi connectivity index (χ0) is 13.8. The summed E-state index contributed by atoms with van der Waals surface area (Å²) >= 11 is 5.66. The largest absolute Gasteiger partial charge is 0.409 e. The van der Waals surface area contributed by atoms with Gasteiger partial charge in [0.15, 0.2) is 0 Å². The third-order valence-electron chi connectivity index (χ3n) is 2.80. The fraction of sp³-hybridized carbons (Fsp3) is 0.417. The van der Waals surface area contributed by atoms with E-state index in [1.165, 1.54) is 6.07 Å². The van der Waals surface area contributed by atoms with Crippen LogP contribution in [0.15, 0.2) is 23.4 Å². The summed E-state index contributed by atoms with van der Waals surface area (Å²) in [5.74, 6) is -0.245. The quantitative estimate of drug-likeness (QED) is 0.334. The first-order valence-corrected chi connectivity index (χ1v) is 5.91. The van der Waals surface area contributed by atoms with Gasteiger partial charge in [0, 0.05) is 17.0 Å². The number of nitrogens with two attached hydrogens (primary N) is 1. The summed E-state index contributed by atoms with van der Waals surface area (Å²) in [6, 6.07) is 4.44. The lowest BCUT2D eigenvalue weighted by atomic mass is 9.88. The van der Waals surface area contributed by atoms with Gasteiger partial charge in [-0.25, -0.2) is 4.39 Å². The molecule has 0 fully saturated rings. The number of rotatable bonds is 5. The van der Waals surface area contributed by atoms with Gasteiger partial charge in [-0.2, -0.15) is 0 Å². The predicted octanol–water partition coefficient (Wildman–Crippen LogP) is 3.05. The van der Waals surface area contributed by atoms with Crippen LogP contribution in [0.1, 0.15) is 20.3 Å². The molecule has 0 saturated carbocycles. The first-order valence-electron chi connectivity index (χ1n) is 5.54. The van der Waals surface area contributed by atoms with Gasteiger partial charge in [0.2, 0.25) is 0 Å². The van der Waals surface area contributed by atoms with Gasteiger partial charge < -0.3 is 16.3 Å². The Bertz CT molecular complexity index is 449. The summed E-state index contributed by atoms with van der Waals surface area (Å²) < 4.78 is 13.5. The second-order valence-corrected chi connectivity index (χ2v) is 5.11. The number of hydrogen-bond donors (Lipinski definition) is 3. The molecule has 4 nitrogen and oxygen atoms in total. The Morgan fingerprint density at radius 1 is 1.56 bits per heavy atom. The molecule has 0 aliphatic carbocycles. The van der Waals surface area contributed by atoms with E-state index >= 15 is 0 Å². The molecule has 0 radical (unpaired) electrons. The highest BCUT2D eigenvalue weighted by atomic mass is 35.5. The van der Waals surface area contributed by atoms with Gasteiger partial charge in [0.25, 0.3) is 0 Å². The van der Waals surface area contributed by atoms with Crippen LogP contribution in [-0.2, 0) is 0 Å². The highest BCUT2D eigenvalue weighted by Crippen LogP contribution is 2.22. The second-order valence-electron chi connectivity index (χ2n) is 4.67. The minimum Gasteiger partial charge on any atom is -0.409 e. The van der Waals surface area contributed by atoms with Crippen molar-refractivity contribution in [1.82, 2.24) is 0 Å². The van der Waals surface area contributed by atoms with Gasteiger partial charge in [-0.15, -0.1) is 0 Å². The van der Waals surface area contributed by atoms with Gasteiger partial charge >= 0.3 is 0 Å². The lowest BCUT2D eigenvalue weighted by molar-refractivity contribution is 0.306. The molecule has 0 saturated heterocycles. The average Bonchev–Trinajstić information content (AvgIpc) is 2.30. The molecule has 0 amide bonds. The molecule has 6 heteroatoms. The van der Waals surface area contributed by atoms with Crippen molar-refractivity contribution >= 4 is 23.1 Å². The van der Waals surface area contributed by atoms with E-state index in [0.717, 1.165) is 0 Å². The number of nitrogens with zero attached hydrogens (tertiary/aromatic N) is 1. The number of benzene rings is 1. The van der Waals surface area contributed by atoms with Gasteiger partial charge in [-0.1, -0.05) is 30.6 Å². The van der Waals surface area contributed by atoms with Crippen molar-refractivity contribution in [2.24, 2.45) is 16.3 Å². The van der Waals surface area contributed by atoms with Crippen LogP contribution in [0.4, 0.5) is 10.1 Å². The van der Waals surface area contributed by atoms with Crippen LogP contribution in [0.2, 0.25) is 5.02 Å². The zero-order valence-corrected chi connectivity index (χ0v) is 11.1. The fourth-order valence-corrected chi connectivity index (χ4v) is 1.56. The summed E-state index contributed by atoms with van der Waals surface area (Å²) in [6.07, 6.45) is 0.602. The van der Waals surface area contributed by atoms with E-state index in [1.807, 2.05) is 13.8 Å². The normalized spacial score (nSPS) is 12.6. The predicted molar refractivity (Wildman–Crippen MR) is 71.7 cm³/mol. The van der Waals surface area contributed by atoms with Crippen LogP contribution >= 0.6 is 11.6 Å². The van der Waals surface area contributed by atoms with Gasteiger partial charge in [-0.3, -0.25) is 0 Å². The molecule has 4 N–H and O–H groups in total. The van der Waals surface area contributed by atoms with Crippen LogP contribution in [0.3, 0.4) is 0 Å². The smallest absolute Gasteiger partial charge is 0.147 e. The molecule has 0 aromatic heterocycles. The molecular formula is C12H17ClFN3O. The SMILES string of the molecule is CC(C)(CCNc1ccc(Cl)cc1F)C(N)=NO. The molecule has 1 aromatic carbocycles. The van der Waals surface area contributed by atoms with Crippen molar-refractivity contribution in [3.05, 3.63) is 29.0 Å². The number of amidine groups is 1. The molecule has 0 aliphatic heterocycles. The molecule has 0 atom stereocenters. The van der Waals surface area contributed by atoms with Crippen molar-refractivity contribution in [3.8, 4) is 0 Å². The Balaban J connectivity index is 2.57. The van der Waals surface area contributed by atoms with Gasteiger partial charge in [0.1, 0.15) is 11.7 Å². The number of hydrogen-bond acceptors (Lipinski definition) is 3. The number of halogens is 2. The summed E-state index contributed by atoms with van der Waals surface area (Å²) in [5.41, 5.74) is 5.49. The topological polar surface area (TPSA) is 70.6 Å². The highest BCUT2D eigenvalue weighted by Gasteiger charge is 2.23. The summed E-state index contributed by atoms with van der Waals surface area (Å²) in [6.45, 7) is 4.20. The highest BCUT2D eigenvalue weighted by molar-refractivity contribution is 6.30.